The van der Waals surface area contributed by atoms with Crippen LogP contribution in [0.5, 0.6) is 0 Å². The largest absolute Gasteiger partial charge is 0.342 e. The Kier molecular flexibility index (Phi) is 3.22. The first-order valence-corrected chi connectivity index (χ1v) is 5.68. The van der Waals surface area contributed by atoms with Gasteiger partial charge in [-0.25, -0.2) is 4.39 Å². The van der Waals surface area contributed by atoms with Crippen LogP contribution in [0.25, 0.3) is 0 Å². The Morgan fingerprint density at radius 3 is 2.88 bits per heavy atom. The van der Waals surface area contributed by atoms with Crippen LogP contribution in [0.15, 0.2) is 24.3 Å². The molecule has 0 aliphatic carbocycles. The summed E-state index contributed by atoms with van der Waals surface area (Å²) >= 11 is 0. The number of carbonyl (C=O) groups excluding carboxylic acids is 1. The summed E-state index contributed by atoms with van der Waals surface area (Å²) in [5, 5.41) is 0. The Labute approximate surface area is 95.1 Å². The molecule has 0 aromatic heterocycles. The molecule has 0 radical (unpaired) electrons. The van der Waals surface area contributed by atoms with Gasteiger partial charge < -0.3 is 4.90 Å². The molecule has 1 saturated heterocycles. The number of nitrogens with zero attached hydrogens (tertiary/aromatic N) is 1. The lowest BCUT2D eigenvalue weighted by atomic mass is 10.1. The number of hydrogen-bond donors (Lipinski definition) is 0. The van der Waals surface area contributed by atoms with Gasteiger partial charge in [-0.15, -0.1) is 0 Å². The third kappa shape index (κ3) is 2.40. The fourth-order valence-corrected chi connectivity index (χ4v) is 2.08. The molecule has 0 spiro atoms. The van der Waals surface area contributed by atoms with Crippen molar-refractivity contribution in [1.29, 1.82) is 0 Å². The van der Waals surface area contributed by atoms with Gasteiger partial charge in [0.2, 0.25) is 5.91 Å². The average Bonchev–Trinajstić information content (AvgIpc) is 2.68. The van der Waals surface area contributed by atoms with Crippen molar-refractivity contribution in [2.45, 2.75) is 19.8 Å². The smallest absolute Gasteiger partial charge is 0.227 e. The Bertz CT molecular complexity index is 391. The van der Waals surface area contributed by atoms with Gasteiger partial charge in [0, 0.05) is 13.1 Å². The average molecular weight is 221 g/mol. The third-order valence-corrected chi connectivity index (χ3v) is 3.08. The Morgan fingerprint density at radius 2 is 2.25 bits per heavy atom. The van der Waals surface area contributed by atoms with Gasteiger partial charge in [0.1, 0.15) is 5.82 Å². The maximum Gasteiger partial charge on any atom is 0.227 e. The zero-order chi connectivity index (χ0) is 11.5. The van der Waals surface area contributed by atoms with E-state index >= 15 is 0 Å². The number of benzene rings is 1. The number of amides is 1. The second-order valence-electron chi connectivity index (χ2n) is 4.50. The molecule has 0 saturated carbocycles. The van der Waals surface area contributed by atoms with E-state index in [0.717, 1.165) is 19.5 Å². The highest BCUT2D eigenvalue weighted by atomic mass is 19.1. The van der Waals surface area contributed by atoms with E-state index in [-0.39, 0.29) is 18.1 Å². The lowest BCUT2D eigenvalue weighted by Crippen LogP contribution is -2.30. The zero-order valence-electron chi connectivity index (χ0n) is 9.45. The molecule has 2 rings (SSSR count). The number of hydrogen-bond acceptors (Lipinski definition) is 1. The Hall–Kier alpha value is -1.38. The summed E-state index contributed by atoms with van der Waals surface area (Å²) in [4.78, 5) is 13.7. The standard InChI is InChI=1S/C13H16FNO/c1-10-6-7-15(9-10)13(16)8-11-4-2-3-5-12(11)14/h2-5,10H,6-9H2,1H3. The first kappa shape index (κ1) is 11.1. The van der Waals surface area contributed by atoms with Gasteiger partial charge in [-0.05, 0) is 24.0 Å². The molecule has 1 aliphatic heterocycles. The van der Waals surface area contributed by atoms with Crippen molar-refractivity contribution in [3.8, 4) is 0 Å². The Balaban J connectivity index is 2.00. The van der Waals surface area contributed by atoms with Crippen LogP contribution in [-0.4, -0.2) is 23.9 Å². The van der Waals surface area contributed by atoms with Gasteiger partial charge in [-0.1, -0.05) is 25.1 Å². The molecule has 1 aromatic carbocycles. The van der Waals surface area contributed by atoms with E-state index in [9.17, 15) is 9.18 Å². The monoisotopic (exact) mass is 221 g/mol. The summed E-state index contributed by atoms with van der Waals surface area (Å²) in [6.07, 6.45) is 1.24. The summed E-state index contributed by atoms with van der Waals surface area (Å²) in [6.45, 7) is 3.76. The molecule has 1 unspecified atom stereocenters. The quantitative estimate of drug-likeness (QED) is 0.750. The number of halogens is 1. The van der Waals surface area contributed by atoms with Crippen molar-refractivity contribution in [3.05, 3.63) is 35.6 Å². The first-order chi connectivity index (χ1) is 7.66. The van der Waals surface area contributed by atoms with E-state index in [0.29, 0.717) is 11.5 Å². The van der Waals surface area contributed by atoms with Crippen LogP contribution < -0.4 is 0 Å². The molecule has 86 valence electrons. The van der Waals surface area contributed by atoms with Crippen molar-refractivity contribution < 1.29 is 9.18 Å². The predicted molar refractivity (Wildman–Crippen MR) is 60.5 cm³/mol. The van der Waals surface area contributed by atoms with Crippen LogP contribution in [0, 0.1) is 11.7 Å². The topological polar surface area (TPSA) is 20.3 Å². The van der Waals surface area contributed by atoms with Gasteiger partial charge in [-0.3, -0.25) is 4.79 Å². The van der Waals surface area contributed by atoms with Crippen LogP contribution in [0.1, 0.15) is 18.9 Å². The molecular formula is C13H16FNO. The van der Waals surface area contributed by atoms with Gasteiger partial charge >= 0.3 is 0 Å². The van der Waals surface area contributed by atoms with Gasteiger partial charge in [0.25, 0.3) is 0 Å². The highest BCUT2D eigenvalue weighted by molar-refractivity contribution is 5.79. The van der Waals surface area contributed by atoms with Crippen LogP contribution in [0.2, 0.25) is 0 Å². The summed E-state index contributed by atoms with van der Waals surface area (Å²) in [7, 11) is 0. The molecule has 2 nitrogen and oxygen atoms in total. The molecule has 1 atom stereocenters. The molecular weight excluding hydrogens is 205 g/mol. The molecule has 3 heteroatoms. The maximum absolute atomic E-state index is 13.3. The molecule has 1 heterocycles. The molecule has 0 N–H and O–H groups in total. The van der Waals surface area contributed by atoms with Crippen LogP contribution in [-0.2, 0) is 11.2 Å². The number of carbonyl (C=O) groups is 1. The minimum atomic E-state index is -0.289. The second-order valence-corrected chi connectivity index (χ2v) is 4.50. The molecule has 0 bridgehead atoms. The van der Waals surface area contributed by atoms with Crippen molar-refractivity contribution in [2.75, 3.05) is 13.1 Å². The predicted octanol–water partition coefficient (Wildman–Crippen LogP) is 2.24. The van der Waals surface area contributed by atoms with E-state index in [1.54, 1.807) is 18.2 Å². The van der Waals surface area contributed by atoms with Crippen LogP contribution >= 0.6 is 0 Å². The van der Waals surface area contributed by atoms with E-state index in [4.69, 9.17) is 0 Å². The lowest BCUT2D eigenvalue weighted by molar-refractivity contribution is -0.129. The molecule has 1 fully saturated rings. The minimum absolute atomic E-state index is 0.0365. The lowest BCUT2D eigenvalue weighted by Gasteiger charge is -2.15. The summed E-state index contributed by atoms with van der Waals surface area (Å²) in [6, 6.07) is 6.47. The van der Waals surface area contributed by atoms with Gasteiger partial charge in [-0.2, -0.15) is 0 Å². The molecule has 16 heavy (non-hydrogen) atoms. The zero-order valence-corrected chi connectivity index (χ0v) is 9.45. The molecule has 1 aliphatic rings. The van der Waals surface area contributed by atoms with E-state index in [1.165, 1.54) is 6.07 Å². The first-order valence-electron chi connectivity index (χ1n) is 5.68. The second kappa shape index (κ2) is 4.64. The molecule has 1 aromatic rings. The highest BCUT2D eigenvalue weighted by Crippen LogP contribution is 2.17. The Morgan fingerprint density at radius 1 is 1.50 bits per heavy atom. The van der Waals surface area contributed by atoms with Crippen molar-refractivity contribution in [3.63, 3.8) is 0 Å². The number of likely N-dealkylation sites (tertiary alicyclic amines) is 1. The van der Waals surface area contributed by atoms with Crippen molar-refractivity contribution in [2.24, 2.45) is 5.92 Å². The highest BCUT2D eigenvalue weighted by Gasteiger charge is 2.23. The van der Waals surface area contributed by atoms with Crippen LogP contribution in [0.4, 0.5) is 4.39 Å². The third-order valence-electron chi connectivity index (χ3n) is 3.08. The van der Waals surface area contributed by atoms with Gasteiger partial charge in [0.05, 0.1) is 6.42 Å². The number of rotatable bonds is 2. The maximum atomic E-state index is 13.3. The summed E-state index contributed by atoms with van der Waals surface area (Å²) < 4.78 is 13.3. The fourth-order valence-electron chi connectivity index (χ4n) is 2.08. The normalized spacial score (nSPS) is 20.1. The van der Waals surface area contributed by atoms with E-state index < -0.39 is 0 Å². The van der Waals surface area contributed by atoms with E-state index in [2.05, 4.69) is 6.92 Å². The van der Waals surface area contributed by atoms with Crippen LogP contribution in [0.3, 0.4) is 0 Å². The van der Waals surface area contributed by atoms with E-state index in [1.807, 2.05) is 4.90 Å². The van der Waals surface area contributed by atoms with Crippen molar-refractivity contribution >= 4 is 5.91 Å². The fraction of sp³-hybridized carbons (Fsp3) is 0.462. The summed E-state index contributed by atoms with van der Waals surface area (Å²) in [5.41, 5.74) is 0.493. The minimum Gasteiger partial charge on any atom is -0.342 e. The van der Waals surface area contributed by atoms with Gasteiger partial charge in [0.15, 0.2) is 0 Å². The summed E-state index contributed by atoms with van der Waals surface area (Å²) in [5.74, 6) is 0.321. The molecule has 1 amide bonds. The SMILES string of the molecule is CC1CCN(C(=O)Cc2ccccc2F)C1. The van der Waals surface area contributed by atoms with Crippen molar-refractivity contribution in [1.82, 2.24) is 4.90 Å².